The topological polar surface area (TPSA) is 68.2 Å². The molecule has 1 unspecified atom stereocenters. The van der Waals surface area contributed by atoms with E-state index in [1.54, 1.807) is 7.11 Å². The molecule has 1 aliphatic rings. The fraction of sp³-hybridized carbons (Fsp3) is 0.684. The molecule has 2 N–H and O–H groups in total. The zero-order valence-electron chi connectivity index (χ0n) is 16.5. The van der Waals surface area contributed by atoms with Gasteiger partial charge in [-0.2, -0.15) is 0 Å². The highest BCUT2D eigenvalue weighted by Crippen LogP contribution is 2.42. The average Bonchev–Trinajstić information content (AvgIpc) is 2.57. The maximum absolute atomic E-state index is 10.6. The molecule has 0 radical (unpaired) electrons. The largest absolute Gasteiger partial charge is 0.408 e. The van der Waals surface area contributed by atoms with Crippen molar-refractivity contribution in [3.05, 3.63) is 30.3 Å². The Morgan fingerprint density at radius 2 is 1.77 bits per heavy atom. The summed E-state index contributed by atoms with van der Waals surface area (Å²) in [7, 11) is -0.549. The smallest absolute Gasteiger partial charge is 0.192 e. The van der Waals surface area contributed by atoms with Gasteiger partial charge < -0.3 is 24.1 Å². The van der Waals surface area contributed by atoms with Crippen LogP contribution in [-0.4, -0.2) is 62.1 Å². The number of aliphatic hydroxyl groups excluding tert-OH is 2. The third-order valence-electron chi connectivity index (χ3n) is 5.30. The van der Waals surface area contributed by atoms with E-state index in [9.17, 15) is 10.2 Å². The summed E-state index contributed by atoms with van der Waals surface area (Å²) in [6, 6.07) is 9.94. The third-order valence-corrected chi connectivity index (χ3v) is 10.9. The zero-order valence-corrected chi connectivity index (χ0v) is 18.3. The van der Waals surface area contributed by atoms with E-state index in [2.05, 4.69) is 33.9 Å². The van der Waals surface area contributed by atoms with Gasteiger partial charge in [0.25, 0.3) is 0 Å². The number of ether oxygens (including phenoxy) is 2. The van der Waals surface area contributed by atoms with Gasteiger partial charge in [0.15, 0.2) is 8.32 Å². The monoisotopic (exact) mass is 400 g/mol. The first-order chi connectivity index (χ1) is 12.1. The summed E-state index contributed by atoms with van der Waals surface area (Å²) in [4.78, 5) is 1.05. The van der Waals surface area contributed by atoms with E-state index in [4.69, 9.17) is 13.9 Å². The first kappa shape index (κ1) is 21.9. The molecule has 1 aromatic rings. The lowest BCUT2D eigenvalue weighted by molar-refractivity contribution is -0.209. The second-order valence-corrected chi connectivity index (χ2v) is 14.1. The van der Waals surface area contributed by atoms with Crippen LogP contribution in [0.25, 0.3) is 0 Å². The summed E-state index contributed by atoms with van der Waals surface area (Å²) >= 11 is 1.54. The Morgan fingerprint density at radius 3 is 2.27 bits per heavy atom. The van der Waals surface area contributed by atoms with E-state index in [0.29, 0.717) is 0 Å². The molecule has 5 nitrogen and oxygen atoms in total. The molecule has 1 heterocycles. The van der Waals surface area contributed by atoms with E-state index in [0.717, 1.165) is 4.90 Å². The highest BCUT2D eigenvalue weighted by molar-refractivity contribution is 7.99. The molecule has 1 aliphatic heterocycles. The Kier molecular flexibility index (Phi) is 7.35. The van der Waals surface area contributed by atoms with Gasteiger partial charge >= 0.3 is 0 Å². The van der Waals surface area contributed by atoms with Crippen molar-refractivity contribution in [2.45, 2.75) is 73.7 Å². The molecule has 1 fully saturated rings. The summed E-state index contributed by atoms with van der Waals surface area (Å²) in [5.74, 6) is 0. The van der Waals surface area contributed by atoms with Crippen LogP contribution in [0.5, 0.6) is 0 Å². The lowest BCUT2D eigenvalue weighted by Crippen LogP contribution is -2.62. The van der Waals surface area contributed by atoms with Gasteiger partial charge in [0, 0.05) is 12.0 Å². The highest BCUT2D eigenvalue weighted by Gasteiger charge is 2.50. The van der Waals surface area contributed by atoms with Crippen LogP contribution in [0.2, 0.25) is 18.1 Å². The van der Waals surface area contributed by atoms with Crippen LogP contribution < -0.4 is 0 Å². The van der Waals surface area contributed by atoms with Crippen molar-refractivity contribution in [1.29, 1.82) is 0 Å². The first-order valence-corrected chi connectivity index (χ1v) is 12.8. The molecule has 2 rings (SSSR count). The molecule has 26 heavy (non-hydrogen) atoms. The van der Waals surface area contributed by atoms with Gasteiger partial charge in [-0.05, 0) is 30.3 Å². The average molecular weight is 401 g/mol. The molecule has 0 aliphatic carbocycles. The van der Waals surface area contributed by atoms with Crippen molar-refractivity contribution in [1.82, 2.24) is 0 Å². The molecular weight excluding hydrogens is 368 g/mol. The quantitative estimate of drug-likeness (QED) is 0.715. The number of thioether (sulfide) groups is 1. The number of benzene rings is 1. The normalized spacial score (nSPS) is 30.4. The fourth-order valence-corrected chi connectivity index (χ4v) is 5.20. The van der Waals surface area contributed by atoms with Gasteiger partial charge in [-0.15, -0.1) is 0 Å². The molecule has 1 saturated heterocycles. The Hall–Kier alpha value is -0.413. The number of methoxy groups -OCH3 is 1. The van der Waals surface area contributed by atoms with Gasteiger partial charge in [0.05, 0.1) is 6.61 Å². The van der Waals surface area contributed by atoms with Crippen molar-refractivity contribution >= 4 is 20.1 Å². The van der Waals surface area contributed by atoms with Crippen molar-refractivity contribution in [3.8, 4) is 0 Å². The van der Waals surface area contributed by atoms with Gasteiger partial charge in [0.1, 0.15) is 29.9 Å². The Bertz CT molecular complexity index is 563. The lowest BCUT2D eigenvalue weighted by Gasteiger charge is -2.48. The van der Waals surface area contributed by atoms with E-state index < -0.39 is 32.7 Å². The second-order valence-electron chi connectivity index (χ2n) is 8.19. The second kappa shape index (κ2) is 8.73. The summed E-state index contributed by atoms with van der Waals surface area (Å²) in [6.45, 7) is 10.6. The molecule has 1 aromatic carbocycles. The molecular formula is C19H32O5SSi. The van der Waals surface area contributed by atoms with Crippen LogP contribution in [0.1, 0.15) is 20.8 Å². The van der Waals surface area contributed by atoms with Gasteiger partial charge in [-0.25, -0.2) is 0 Å². The number of aliphatic hydroxyl groups is 2. The summed E-state index contributed by atoms with van der Waals surface area (Å²) < 4.78 is 18.3. The molecule has 0 bridgehead atoms. The highest BCUT2D eigenvalue weighted by atomic mass is 32.2. The number of rotatable bonds is 6. The summed E-state index contributed by atoms with van der Waals surface area (Å²) in [5, 5.41) is 20.2. The minimum atomic E-state index is -2.12. The Morgan fingerprint density at radius 1 is 1.15 bits per heavy atom. The SMILES string of the molecule is CO[C@@H]1[C@H](O)[C@@H](CO)OC(Sc2ccccc2)[C@H]1O[Si](C)(C)C(C)(C)C. The van der Waals surface area contributed by atoms with E-state index in [1.165, 1.54) is 11.8 Å². The van der Waals surface area contributed by atoms with Crippen molar-refractivity contribution < 1.29 is 24.1 Å². The molecule has 0 aromatic heterocycles. The maximum Gasteiger partial charge on any atom is 0.192 e. The predicted molar refractivity (Wildman–Crippen MR) is 107 cm³/mol. The first-order valence-electron chi connectivity index (χ1n) is 8.97. The predicted octanol–water partition coefficient (Wildman–Crippen LogP) is 3.26. The minimum Gasteiger partial charge on any atom is -0.408 e. The molecule has 0 amide bonds. The number of hydrogen-bond donors (Lipinski definition) is 2. The van der Waals surface area contributed by atoms with Crippen LogP contribution in [0.15, 0.2) is 35.2 Å². The fourth-order valence-electron chi connectivity index (χ4n) is 2.68. The Labute approximate surface area is 162 Å². The minimum absolute atomic E-state index is 0.0199. The molecule has 148 valence electrons. The Balaban J connectivity index is 2.32. The van der Waals surface area contributed by atoms with Crippen LogP contribution in [-0.2, 0) is 13.9 Å². The van der Waals surface area contributed by atoms with Gasteiger partial charge in [0.2, 0.25) is 0 Å². The van der Waals surface area contributed by atoms with Crippen LogP contribution >= 0.6 is 11.8 Å². The van der Waals surface area contributed by atoms with Crippen LogP contribution in [0.4, 0.5) is 0 Å². The van der Waals surface area contributed by atoms with Crippen molar-refractivity contribution in [2.75, 3.05) is 13.7 Å². The van der Waals surface area contributed by atoms with Crippen LogP contribution in [0.3, 0.4) is 0 Å². The molecule has 0 spiro atoms. The third kappa shape index (κ3) is 4.89. The van der Waals surface area contributed by atoms with Crippen molar-refractivity contribution in [3.63, 3.8) is 0 Å². The van der Waals surface area contributed by atoms with E-state index in [1.807, 2.05) is 30.3 Å². The lowest BCUT2D eigenvalue weighted by atomic mass is 10.0. The van der Waals surface area contributed by atoms with Gasteiger partial charge in [-0.1, -0.05) is 50.7 Å². The molecule has 0 saturated carbocycles. The van der Waals surface area contributed by atoms with E-state index >= 15 is 0 Å². The summed E-state index contributed by atoms with van der Waals surface area (Å²) in [5.41, 5.74) is -0.378. The molecule has 5 atom stereocenters. The van der Waals surface area contributed by atoms with Gasteiger partial charge in [-0.3, -0.25) is 0 Å². The molecule has 7 heteroatoms. The van der Waals surface area contributed by atoms with Crippen molar-refractivity contribution in [2.24, 2.45) is 0 Å². The maximum atomic E-state index is 10.6. The number of hydrogen-bond acceptors (Lipinski definition) is 6. The van der Waals surface area contributed by atoms with E-state index in [-0.39, 0.29) is 17.1 Å². The van der Waals surface area contributed by atoms with Crippen LogP contribution in [0, 0.1) is 0 Å². The standard InChI is InChI=1S/C19H32O5SSi/c1-19(2,3)26(5,6)24-17-16(22-4)15(21)14(12-20)23-18(17)25-13-10-8-7-9-11-13/h7-11,14-18,20-21H,12H2,1-6H3/t14-,15-,16-,17+,18?/m1/s1. The summed E-state index contributed by atoms with van der Waals surface area (Å²) in [6.07, 6.45) is -2.62. The zero-order chi connectivity index (χ0) is 19.5.